The van der Waals surface area contributed by atoms with Gasteiger partial charge in [-0.25, -0.2) is 0 Å². The van der Waals surface area contributed by atoms with Crippen molar-refractivity contribution < 1.29 is 27.4 Å². The number of benzene rings is 3. The number of ketones is 1. The van der Waals surface area contributed by atoms with Crippen LogP contribution >= 0.6 is 46.4 Å². The second-order valence-corrected chi connectivity index (χ2v) is 8.73. The van der Waals surface area contributed by atoms with Gasteiger partial charge >= 0.3 is 6.18 Å². The summed E-state index contributed by atoms with van der Waals surface area (Å²) in [6.45, 7) is 1.54. The monoisotopic (exact) mass is 561 g/mol. The van der Waals surface area contributed by atoms with Crippen LogP contribution < -0.4 is 9.47 Å². The topological polar surface area (TPSA) is 59.3 Å². The summed E-state index contributed by atoms with van der Waals surface area (Å²) in [7, 11) is 0. The Balaban J connectivity index is 2.04. The lowest BCUT2D eigenvalue weighted by molar-refractivity contribution is -0.137. The molecule has 0 aliphatic rings. The van der Waals surface area contributed by atoms with E-state index in [9.17, 15) is 23.2 Å². The molecule has 1 atom stereocenters. The summed E-state index contributed by atoms with van der Waals surface area (Å²) in [5, 5.41) is 9.86. The fraction of sp³-hybridized carbons (Fsp3) is 0.167. The van der Waals surface area contributed by atoms with Crippen LogP contribution in [0.15, 0.2) is 54.6 Å². The molecular weight excluding hydrogens is 549 g/mol. The van der Waals surface area contributed by atoms with Crippen LogP contribution in [0.5, 0.6) is 17.2 Å². The standard InChI is InChI=1S/C24H14Cl4F3NO3/c1-2-21(33)23(12-32,22-16(26)4-3-5-17(22)27)35-20-11-14(7-8-15(20)25)34-19-9-6-13(10-18(19)28)24(29,30)31/h3-11H,2H2,1H3. The van der Waals surface area contributed by atoms with Gasteiger partial charge in [0, 0.05) is 12.5 Å². The van der Waals surface area contributed by atoms with Crippen molar-refractivity contribution in [3.63, 3.8) is 0 Å². The Hall–Kier alpha value is -2.63. The molecule has 0 N–H and O–H groups in total. The minimum atomic E-state index is -4.57. The van der Waals surface area contributed by atoms with E-state index in [0.717, 1.165) is 18.2 Å². The van der Waals surface area contributed by atoms with Crippen molar-refractivity contribution in [3.8, 4) is 23.3 Å². The molecule has 0 bridgehead atoms. The third-order valence-corrected chi connectivity index (χ3v) is 6.08. The Morgan fingerprint density at radius 3 is 2.11 bits per heavy atom. The van der Waals surface area contributed by atoms with E-state index in [0.29, 0.717) is 0 Å². The van der Waals surface area contributed by atoms with Crippen molar-refractivity contribution in [1.29, 1.82) is 5.26 Å². The molecule has 0 aliphatic carbocycles. The van der Waals surface area contributed by atoms with Gasteiger partial charge in [-0.1, -0.05) is 59.4 Å². The first-order chi connectivity index (χ1) is 16.4. The van der Waals surface area contributed by atoms with E-state index in [4.69, 9.17) is 55.9 Å². The smallest absolute Gasteiger partial charge is 0.416 e. The molecule has 182 valence electrons. The maximum absolute atomic E-state index is 13.0. The predicted octanol–water partition coefficient (Wildman–Crippen LogP) is 8.89. The number of rotatable bonds is 7. The van der Waals surface area contributed by atoms with Crippen molar-refractivity contribution in [2.45, 2.75) is 25.1 Å². The number of Topliss-reactive ketones (excluding diaryl/α,β-unsaturated/α-hetero) is 1. The number of nitriles is 1. The zero-order valence-corrected chi connectivity index (χ0v) is 20.7. The van der Waals surface area contributed by atoms with Crippen LogP contribution in [0.3, 0.4) is 0 Å². The normalized spacial score (nSPS) is 13.0. The van der Waals surface area contributed by atoms with Crippen LogP contribution in [0.25, 0.3) is 0 Å². The van der Waals surface area contributed by atoms with Gasteiger partial charge in [-0.2, -0.15) is 18.4 Å². The van der Waals surface area contributed by atoms with Gasteiger partial charge in [-0.05, 0) is 42.5 Å². The molecule has 4 nitrogen and oxygen atoms in total. The minimum Gasteiger partial charge on any atom is -0.459 e. The third kappa shape index (κ3) is 5.62. The average molecular weight is 563 g/mol. The first-order valence-corrected chi connectivity index (χ1v) is 11.4. The Morgan fingerprint density at radius 2 is 1.57 bits per heavy atom. The highest BCUT2D eigenvalue weighted by Crippen LogP contribution is 2.43. The number of halogens is 7. The number of hydrogen-bond acceptors (Lipinski definition) is 4. The Bertz CT molecular complexity index is 1300. The van der Waals surface area contributed by atoms with E-state index in [1.165, 1.54) is 37.3 Å². The van der Waals surface area contributed by atoms with Gasteiger partial charge in [-0.3, -0.25) is 4.79 Å². The van der Waals surface area contributed by atoms with Gasteiger partial charge in [0.25, 0.3) is 5.60 Å². The molecular formula is C24H14Cl4F3NO3. The van der Waals surface area contributed by atoms with Gasteiger partial charge in [0.05, 0.1) is 31.2 Å². The predicted molar refractivity (Wildman–Crippen MR) is 128 cm³/mol. The molecule has 3 rings (SSSR count). The van der Waals surface area contributed by atoms with Crippen LogP contribution in [0.1, 0.15) is 24.5 Å². The maximum Gasteiger partial charge on any atom is 0.416 e. The highest BCUT2D eigenvalue weighted by molar-refractivity contribution is 6.37. The Labute approximate surface area is 218 Å². The minimum absolute atomic E-state index is 0.0163. The van der Waals surface area contributed by atoms with Crippen LogP contribution in [-0.2, 0) is 16.6 Å². The fourth-order valence-electron chi connectivity index (χ4n) is 3.15. The number of carbonyl (C=O) groups is 1. The zero-order valence-electron chi connectivity index (χ0n) is 17.7. The number of carbonyl (C=O) groups excluding carboxylic acids is 1. The van der Waals surface area contributed by atoms with E-state index < -0.39 is 23.1 Å². The van der Waals surface area contributed by atoms with E-state index in [1.54, 1.807) is 6.07 Å². The summed E-state index contributed by atoms with van der Waals surface area (Å²) in [5.74, 6) is -0.778. The molecule has 35 heavy (non-hydrogen) atoms. The summed E-state index contributed by atoms with van der Waals surface area (Å²) >= 11 is 24.8. The second kappa shape index (κ2) is 10.5. The summed E-state index contributed by atoms with van der Waals surface area (Å²) < 4.78 is 50.2. The van der Waals surface area contributed by atoms with Gasteiger partial charge in [0.15, 0.2) is 5.78 Å². The molecule has 0 amide bonds. The quantitative estimate of drug-likeness (QED) is 0.288. The molecule has 0 saturated heterocycles. The van der Waals surface area contributed by atoms with Gasteiger partial charge in [0.1, 0.15) is 23.3 Å². The molecule has 3 aromatic rings. The molecule has 0 aliphatic heterocycles. The van der Waals surface area contributed by atoms with Crippen molar-refractivity contribution in [1.82, 2.24) is 0 Å². The number of alkyl halides is 3. The van der Waals surface area contributed by atoms with Crippen LogP contribution in [0.4, 0.5) is 13.2 Å². The first kappa shape index (κ1) is 27.0. The molecule has 0 fully saturated rings. The first-order valence-electron chi connectivity index (χ1n) is 9.85. The SMILES string of the molecule is CCC(=O)C(C#N)(Oc1cc(Oc2ccc(C(F)(F)F)cc2Cl)ccc1Cl)c1c(Cl)cccc1Cl. The molecule has 1 unspecified atom stereocenters. The zero-order chi connectivity index (χ0) is 26.0. The average Bonchev–Trinajstić information content (AvgIpc) is 2.80. The maximum atomic E-state index is 13.0. The molecule has 3 aromatic carbocycles. The van der Waals surface area contributed by atoms with E-state index in [-0.39, 0.29) is 49.3 Å². The molecule has 0 aromatic heterocycles. The van der Waals surface area contributed by atoms with Gasteiger partial charge < -0.3 is 9.47 Å². The van der Waals surface area contributed by atoms with Crippen molar-refractivity contribution in [2.24, 2.45) is 0 Å². The Kier molecular flexibility index (Phi) is 8.13. The number of hydrogen-bond donors (Lipinski definition) is 0. The number of nitrogens with zero attached hydrogens (tertiary/aromatic N) is 1. The number of ether oxygens (including phenoxy) is 2. The van der Waals surface area contributed by atoms with Crippen molar-refractivity contribution >= 4 is 52.2 Å². The van der Waals surface area contributed by atoms with Crippen molar-refractivity contribution in [3.05, 3.63) is 85.8 Å². The van der Waals surface area contributed by atoms with E-state index in [1.807, 2.05) is 6.07 Å². The van der Waals surface area contributed by atoms with Crippen molar-refractivity contribution in [2.75, 3.05) is 0 Å². The molecule has 11 heteroatoms. The molecule has 0 spiro atoms. The van der Waals surface area contributed by atoms with Crippen LogP contribution in [-0.4, -0.2) is 5.78 Å². The summed E-state index contributed by atoms with van der Waals surface area (Å²) in [6.07, 6.45) is -4.67. The summed E-state index contributed by atoms with van der Waals surface area (Å²) in [4.78, 5) is 13.0. The largest absolute Gasteiger partial charge is 0.459 e. The van der Waals surface area contributed by atoms with Crippen LogP contribution in [0.2, 0.25) is 20.1 Å². The lowest BCUT2D eigenvalue weighted by Crippen LogP contribution is -2.40. The van der Waals surface area contributed by atoms with Gasteiger partial charge in [0.2, 0.25) is 0 Å². The van der Waals surface area contributed by atoms with E-state index >= 15 is 0 Å². The summed E-state index contributed by atoms with van der Waals surface area (Å²) in [5.41, 5.74) is -3.23. The highest BCUT2D eigenvalue weighted by Gasteiger charge is 2.46. The van der Waals surface area contributed by atoms with Gasteiger partial charge in [-0.15, -0.1) is 0 Å². The second-order valence-electron chi connectivity index (χ2n) is 7.11. The fourth-order valence-corrected chi connectivity index (χ4v) is 4.19. The molecule has 0 radical (unpaired) electrons. The lowest BCUT2D eigenvalue weighted by Gasteiger charge is -2.28. The Morgan fingerprint density at radius 1 is 0.914 bits per heavy atom. The highest BCUT2D eigenvalue weighted by atomic mass is 35.5. The third-order valence-electron chi connectivity index (χ3n) is 4.84. The molecule has 0 saturated carbocycles. The van der Waals surface area contributed by atoms with Crippen LogP contribution in [0, 0.1) is 11.3 Å². The molecule has 0 heterocycles. The van der Waals surface area contributed by atoms with E-state index in [2.05, 4.69) is 0 Å². The summed E-state index contributed by atoms with van der Waals surface area (Å²) in [6, 6.07) is 12.9. The lowest BCUT2D eigenvalue weighted by atomic mass is 9.88.